The van der Waals surface area contributed by atoms with Crippen LogP contribution in [0.5, 0.6) is 5.75 Å². The highest BCUT2D eigenvalue weighted by atomic mass is 16.4. The maximum Gasteiger partial charge on any atom is 0.400 e. The summed E-state index contributed by atoms with van der Waals surface area (Å²) >= 11 is 0. The molecule has 0 amide bonds. The second-order valence-corrected chi connectivity index (χ2v) is 2.97. The number of rotatable bonds is 0. The topological polar surface area (TPSA) is 9.23 Å². The third kappa shape index (κ3) is 1.67. The van der Waals surface area contributed by atoms with E-state index < -0.39 is 0 Å². The van der Waals surface area contributed by atoms with Crippen LogP contribution in [-0.4, -0.2) is 7.48 Å². The lowest BCUT2D eigenvalue weighted by molar-refractivity contribution is 0.598. The van der Waals surface area contributed by atoms with E-state index in [1.165, 1.54) is 11.1 Å². The molecule has 0 saturated heterocycles. The van der Waals surface area contributed by atoms with E-state index in [4.69, 9.17) is 4.65 Å². The molecule has 1 radical (unpaired) electrons. The van der Waals surface area contributed by atoms with Gasteiger partial charge in [-0.25, -0.2) is 0 Å². The van der Waals surface area contributed by atoms with Crippen molar-refractivity contribution in [3.8, 4) is 5.75 Å². The molecule has 0 aliphatic carbocycles. The molecule has 13 heavy (non-hydrogen) atoms. The van der Waals surface area contributed by atoms with Gasteiger partial charge in [0.25, 0.3) is 0 Å². The van der Waals surface area contributed by atoms with Gasteiger partial charge in [-0.2, -0.15) is 0 Å². The molecule has 1 aromatic rings. The van der Waals surface area contributed by atoms with Gasteiger partial charge in [0.15, 0.2) is 0 Å². The average Bonchev–Trinajstić information content (AvgIpc) is 2.21. The van der Waals surface area contributed by atoms with Gasteiger partial charge in [-0.15, -0.1) is 0 Å². The molecule has 1 aliphatic rings. The fraction of sp³-hybridized carbons (Fsp3) is 0.0909. The molecule has 1 nitrogen and oxygen atoms in total. The van der Waals surface area contributed by atoms with Crippen molar-refractivity contribution in [2.24, 2.45) is 0 Å². The average molecular weight is 169 g/mol. The fourth-order valence-electron chi connectivity index (χ4n) is 1.32. The van der Waals surface area contributed by atoms with Crippen LogP contribution in [0.3, 0.4) is 0 Å². The molecule has 0 atom stereocenters. The van der Waals surface area contributed by atoms with E-state index in [1.807, 2.05) is 30.3 Å². The Labute approximate surface area is 79.0 Å². The fourth-order valence-corrected chi connectivity index (χ4v) is 1.32. The summed E-state index contributed by atoms with van der Waals surface area (Å²) in [5.74, 6) is 2.81. The summed E-state index contributed by atoms with van der Waals surface area (Å²) in [6, 6.07) is 6.06. The molecule has 0 aromatic heterocycles. The van der Waals surface area contributed by atoms with E-state index in [0.29, 0.717) is 0 Å². The van der Waals surface area contributed by atoms with Gasteiger partial charge in [-0.05, 0) is 24.1 Å². The van der Waals surface area contributed by atoms with Crippen LogP contribution in [0.1, 0.15) is 11.1 Å². The number of allylic oxidation sites excluding steroid dienone is 2. The molecule has 1 aromatic carbocycles. The summed E-state index contributed by atoms with van der Waals surface area (Å²) in [6.07, 6.45) is 6.05. The largest absolute Gasteiger partial charge is 0.558 e. The first kappa shape index (κ1) is 8.18. The van der Waals surface area contributed by atoms with Crippen molar-refractivity contribution < 1.29 is 4.65 Å². The van der Waals surface area contributed by atoms with Gasteiger partial charge < -0.3 is 4.65 Å². The SMILES string of the molecule is Cc1c2cccc1O[B]/C=C/C=C2. The van der Waals surface area contributed by atoms with E-state index in [0.717, 1.165) is 5.75 Å². The van der Waals surface area contributed by atoms with Gasteiger partial charge in [-0.1, -0.05) is 36.3 Å². The van der Waals surface area contributed by atoms with Crippen LogP contribution in [-0.2, 0) is 0 Å². The summed E-state index contributed by atoms with van der Waals surface area (Å²) < 4.78 is 5.45. The smallest absolute Gasteiger partial charge is 0.400 e. The molecule has 2 rings (SSSR count). The normalized spacial score (nSPS) is 16.1. The molecule has 63 valence electrons. The lowest BCUT2D eigenvalue weighted by atomic mass is 10.0. The highest BCUT2D eigenvalue weighted by Crippen LogP contribution is 2.22. The third-order valence-corrected chi connectivity index (χ3v) is 2.10. The van der Waals surface area contributed by atoms with E-state index in [2.05, 4.69) is 19.1 Å². The van der Waals surface area contributed by atoms with E-state index in [9.17, 15) is 0 Å². The highest BCUT2D eigenvalue weighted by molar-refractivity contribution is 6.35. The predicted octanol–water partition coefficient (Wildman–Crippen LogP) is 2.53. The Hall–Kier alpha value is -1.44. The molecular weight excluding hydrogens is 159 g/mol. The Balaban J connectivity index is 2.51. The molecule has 2 bridgehead atoms. The lowest BCUT2D eigenvalue weighted by Crippen LogP contribution is -1.99. The van der Waals surface area contributed by atoms with Gasteiger partial charge in [0.05, 0.1) is 0 Å². The Bertz CT molecular complexity index is 366. The Morgan fingerprint density at radius 3 is 3.08 bits per heavy atom. The minimum atomic E-state index is 0.925. The van der Waals surface area contributed by atoms with Crippen LogP contribution in [0.2, 0.25) is 0 Å². The summed E-state index contributed by atoms with van der Waals surface area (Å²) in [4.78, 5) is 0. The standard InChI is InChI=1S/C11H10BO/c1-9-10-5-2-3-8-12-13-11(9)7-4-6-10/h2-8H,1H3/b5-2?,8-3+. The summed E-state index contributed by atoms with van der Waals surface area (Å²) in [5, 5.41) is 0. The van der Waals surface area contributed by atoms with E-state index in [-0.39, 0.29) is 0 Å². The molecule has 1 aliphatic heterocycles. The molecular formula is C11H10BO. The van der Waals surface area contributed by atoms with Gasteiger partial charge in [0, 0.05) is 0 Å². The second kappa shape index (κ2) is 3.52. The van der Waals surface area contributed by atoms with Gasteiger partial charge >= 0.3 is 7.48 Å². The van der Waals surface area contributed by atoms with Crippen molar-refractivity contribution in [2.45, 2.75) is 6.92 Å². The first-order chi connectivity index (χ1) is 6.38. The summed E-state index contributed by atoms with van der Waals surface area (Å²) in [7, 11) is 1.70. The zero-order valence-corrected chi connectivity index (χ0v) is 7.53. The number of hydrogen-bond donors (Lipinski definition) is 0. The molecule has 0 saturated carbocycles. The monoisotopic (exact) mass is 169 g/mol. The van der Waals surface area contributed by atoms with Crippen molar-refractivity contribution in [3.63, 3.8) is 0 Å². The predicted molar refractivity (Wildman–Crippen MR) is 55.7 cm³/mol. The Kier molecular flexibility index (Phi) is 2.22. The zero-order valence-electron chi connectivity index (χ0n) is 7.53. The van der Waals surface area contributed by atoms with Crippen LogP contribution in [0.4, 0.5) is 0 Å². The Morgan fingerprint density at radius 1 is 1.23 bits per heavy atom. The summed E-state index contributed by atoms with van der Waals surface area (Å²) in [6.45, 7) is 2.06. The third-order valence-electron chi connectivity index (χ3n) is 2.10. The van der Waals surface area contributed by atoms with Gasteiger partial charge in [0.2, 0.25) is 0 Å². The number of benzene rings is 1. The first-order valence-electron chi connectivity index (χ1n) is 4.31. The van der Waals surface area contributed by atoms with Crippen LogP contribution in [0.25, 0.3) is 6.08 Å². The van der Waals surface area contributed by atoms with Crippen LogP contribution >= 0.6 is 0 Å². The van der Waals surface area contributed by atoms with Crippen LogP contribution in [0.15, 0.2) is 36.3 Å². The molecule has 1 heterocycles. The quantitative estimate of drug-likeness (QED) is 0.542. The number of fused-ring (bicyclic) bond motifs is 2. The van der Waals surface area contributed by atoms with Crippen molar-refractivity contribution in [1.29, 1.82) is 0 Å². The molecule has 0 fully saturated rings. The van der Waals surface area contributed by atoms with E-state index in [1.54, 1.807) is 7.48 Å². The van der Waals surface area contributed by atoms with Gasteiger partial charge in [-0.3, -0.25) is 0 Å². The van der Waals surface area contributed by atoms with Crippen LogP contribution < -0.4 is 4.65 Å². The maximum absolute atomic E-state index is 5.45. The first-order valence-corrected chi connectivity index (χ1v) is 4.31. The number of hydrogen-bond acceptors (Lipinski definition) is 1. The maximum atomic E-state index is 5.45. The Morgan fingerprint density at radius 2 is 2.15 bits per heavy atom. The minimum Gasteiger partial charge on any atom is -0.558 e. The molecule has 0 N–H and O–H groups in total. The lowest BCUT2D eigenvalue weighted by Gasteiger charge is -2.08. The van der Waals surface area contributed by atoms with E-state index >= 15 is 0 Å². The molecule has 0 spiro atoms. The molecule has 0 unspecified atom stereocenters. The van der Waals surface area contributed by atoms with Crippen molar-refractivity contribution >= 4 is 13.6 Å². The summed E-state index contributed by atoms with van der Waals surface area (Å²) in [5.41, 5.74) is 2.39. The van der Waals surface area contributed by atoms with Gasteiger partial charge in [0.1, 0.15) is 5.75 Å². The molecule has 2 heteroatoms. The second-order valence-electron chi connectivity index (χ2n) is 2.97. The minimum absolute atomic E-state index is 0.925. The highest BCUT2D eigenvalue weighted by Gasteiger charge is 2.02. The van der Waals surface area contributed by atoms with Crippen molar-refractivity contribution in [1.82, 2.24) is 0 Å². The zero-order chi connectivity index (χ0) is 9.10. The van der Waals surface area contributed by atoms with Crippen molar-refractivity contribution in [3.05, 3.63) is 47.5 Å². The van der Waals surface area contributed by atoms with Crippen LogP contribution in [0, 0.1) is 6.92 Å². The van der Waals surface area contributed by atoms with Crippen molar-refractivity contribution in [2.75, 3.05) is 0 Å².